The normalized spacial score (nSPS) is 10.5. The number of nitrogens with zero attached hydrogens (tertiary/aromatic N) is 1. The lowest BCUT2D eigenvalue weighted by Crippen LogP contribution is -2.30. The number of carbonyl (C=O) groups is 1. The highest BCUT2D eigenvalue weighted by molar-refractivity contribution is 7.09. The number of hydrogen-bond acceptors (Lipinski definition) is 4. The number of anilines is 1. The van der Waals surface area contributed by atoms with E-state index in [9.17, 15) is 4.79 Å². The van der Waals surface area contributed by atoms with Gasteiger partial charge in [-0.15, -0.1) is 11.3 Å². The first-order valence-electron chi connectivity index (χ1n) is 6.17. The van der Waals surface area contributed by atoms with Crippen LogP contribution in [0, 0.1) is 0 Å². The van der Waals surface area contributed by atoms with Crippen LogP contribution in [0.15, 0.2) is 36.0 Å². The Bertz CT molecular complexity index is 537. The molecule has 0 aliphatic carbocycles. The first kappa shape index (κ1) is 13.5. The molecule has 0 aliphatic rings. The van der Waals surface area contributed by atoms with Crippen molar-refractivity contribution >= 4 is 22.9 Å². The number of carbonyl (C=O) groups excluding carboxylic acids is 1. The van der Waals surface area contributed by atoms with Gasteiger partial charge in [-0.1, -0.05) is 6.07 Å². The summed E-state index contributed by atoms with van der Waals surface area (Å²) >= 11 is 1.61. The van der Waals surface area contributed by atoms with E-state index in [0.29, 0.717) is 5.56 Å². The molecule has 100 valence electrons. The van der Waals surface area contributed by atoms with Crippen molar-refractivity contribution in [2.24, 2.45) is 0 Å². The maximum atomic E-state index is 11.9. The summed E-state index contributed by atoms with van der Waals surface area (Å²) in [5.74, 6) is -0.0450. The first-order valence-corrected chi connectivity index (χ1v) is 7.05. The van der Waals surface area contributed by atoms with Crippen molar-refractivity contribution in [1.82, 2.24) is 10.3 Å². The van der Waals surface area contributed by atoms with Gasteiger partial charge in [-0.05, 0) is 32.0 Å². The lowest BCUT2D eigenvalue weighted by molar-refractivity contribution is 0.0943. The van der Waals surface area contributed by atoms with E-state index in [0.717, 1.165) is 17.1 Å². The van der Waals surface area contributed by atoms with Gasteiger partial charge in [-0.25, -0.2) is 0 Å². The van der Waals surface area contributed by atoms with E-state index in [1.807, 2.05) is 49.8 Å². The van der Waals surface area contributed by atoms with E-state index < -0.39 is 0 Å². The molecule has 5 heteroatoms. The third-order valence-electron chi connectivity index (χ3n) is 2.49. The van der Waals surface area contributed by atoms with Gasteiger partial charge in [0.05, 0.1) is 12.1 Å². The Hall–Kier alpha value is -1.88. The second kappa shape index (κ2) is 6.33. The summed E-state index contributed by atoms with van der Waals surface area (Å²) in [6, 6.07) is 7.65. The van der Waals surface area contributed by atoms with Crippen molar-refractivity contribution in [3.05, 3.63) is 46.4 Å². The maximum Gasteiger partial charge on any atom is 0.251 e. The van der Waals surface area contributed by atoms with E-state index >= 15 is 0 Å². The van der Waals surface area contributed by atoms with E-state index in [1.54, 1.807) is 11.3 Å². The lowest BCUT2D eigenvalue weighted by atomic mass is 10.2. The summed E-state index contributed by atoms with van der Waals surface area (Å²) in [4.78, 5) is 17.1. The van der Waals surface area contributed by atoms with Crippen LogP contribution in [0.5, 0.6) is 0 Å². The van der Waals surface area contributed by atoms with Crippen LogP contribution >= 0.6 is 11.3 Å². The topological polar surface area (TPSA) is 54.0 Å². The molecular weight excluding hydrogens is 258 g/mol. The minimum Gasteiger partial charge on any atom is -0.380 e. The van der Waals surface area contributed by atoms with Gasteiger partial charge >= 0.3 is 0 Å². The Morgan fingerprint density at radius 3 is 2.95 bits per heavy atom. The van der Waals surface area contributed by atoms with Gasteiger partial charge in [0.1, 0.15) is 0 Å². The summed E-state index contributed by atoms with van der Waals surface area (Å²) in [5, 5.41) is 6.17. The Morgan fingerprint density at radius 1 is 1.42 bits per heavy atom. The monoisotopic (exact) mass is 275 g/mol. The molecule has 1 aromatic carbocycles. The smallest absolute Gasteiger partial charge is 0.251 e. The van der Waals surface area contributed by atoms with E-state index in [2.05, 4.69) is 15.6 Å². The zero-order chi connectivity index (χ0) is 13.7. The maximum absolute atomic E-state index is 11.9. The highest BCUT2D eigenvalue weighted by Gasteiger charge is 2.07. The predicted octanol–water partition coefficient (Wildman–Crippen LogP) is 2.89. The van der Waals surface area contributed by atoms with Crippen molar-refractivity contribution < 1.29 is 4.79 Å². The van der Waals surface area contributed by atoms with Crippen LogP contribution in [0.4, 0.5) is 5.69 Å². The average Bonchev–Trinajstić information content (AvgIpc) is 2.89. The fraction of sp³-hybridized carbons (Fsp3) is 0.286. The Labute approximate surface area is 116 Å². The van der Waals surface area contributed by atoms with Crippen molar-refractivity contribution in [1.29, 1.82) is 0 Å². The van der Waals surface area contributed by atoms with Crippen LogP contribution in [0.3, 0.4) is 0 Å². The predicted molar refractivity (Wildman–Crippen MR) is 78.5 cm³/mol. The van der Waals surface area contributed by atoms with Gasteiger partial charge in [0, 0.05) is 28.4 Å². The number of benzene rings is 1. The first-order chi connectivity index (χ1) is 9.15. The molecule has 2 N–H and O–H groups in total. The third-order valence-corrected chi connectivity index (χ3v) is 3.27. The zero-order valence-corrected chi connectivity index (χ0v) is 11.8. The van der Waals surface area contributed by atoms with Crippen molar-refractivity contribution in [2.45, 2.75) is 26.4 Å². The van der Waals surface area contributed by atoms with Crippen LogP contribution in [0.2, 0.25) is 0 Å². The number of hydrogen-bond donors (Lipinski definition) is 2. The van der Waals surface area contributed by atoms with Crippen molar-refractivity contribution in [3.8, 4) is 0 Å². The third kappa shape index (κ3) is 4.06. The fourth-order valence-electron chi connectivity index (χ4n) is 1.63. The quantitative estimate of drug-likeness (QED) is 0.882. The van der Waals surface area contributed by atoms with Gasteiger partial charge < -0.3 is 10.6 Å². The number of aromatic nitrogens is 1. The number of rotatable bonds is 5. The highest BCUT2D eigenvalue weighted by atomic mass is 32.1. The summed E-state index contributed by atoms with van der Waals surface area (Å²) in [7, 11) is 0. The molecule has 1 heterocycles. The molecule has 0 fully saturated rings. The molecule has 2 rings (SSSR count). The van der Waals surface area contributed by atoms with Gasteiger partial charge in [0.2, 0.25) is 0 Å². The largest absolute Gasteiger partial charge is 0.380 e. The minimum atomic E-state index is -0.0450. The van der Waals surface area contributed by atoms with Gasteiger partial charge in [0.15, 0.2) is 0 Å². The van der Waals surface area contributed by atoms with Crippen LogP contribution in [0.25, 0.3) is 0 Å². The second-order valence-electron chi connectivity index (χ2n) is 4.53. The SMILES string of the molecule is CC(C)NC(=O)c1cccc(NCc2cncs2)c1. The Kier molecular flexibility index (Phi) is 4.52. The van der Waals surface area contributed by atoms with Gasteiger partial charge in [0.25, 0.3) is 5.91 Å². The molecule has 1 amide bonds. The summed E-state index contributed by atoms with van der Waals surface area (Å²) < 4.78 is 0. The molecule has 19 heavy (non-hydrogen) atoms. The molecule has 0 unspecified atom stereocenters. The molecule has 0 aliphatic heterocycles. The van der Waals surface area contributed by atoms with E-state index in [4.69, 9.17) is 0 Å². The molecule has 0 saturated carbocycles. The average molecular weight is 275 g/mol. The molecule has 2 aromatic rings. The zero-order valence-electron chi connectivity index (χ0n) is 11.0. The molecule has 0 bridgehead atoms. The molecule has 0 radical (unpaired) electrons. The van der Waals surface area contributed by atoms with Gasteiger partial charge in [-0.3, -0.25) is 9.78 Å². The van der Waals surface area contributed by atoms with Crippen LogP contribution in [0.1, 0.15) is 29.1 Å². The minimum absolute atomic E-state index is 0.0450. The summed E-state index contributed by atoms with van der Waals surface area (Å²) in [6.07, 6.45) is 1.84. The number of thiazole rings is 1. The van der Waals surface area contributed by atoms with E-state index in [-0.39, 0.29) is 11.9 Å². The van der Waals surface area contributed by atoms with Crippen molar-refractivity contribution in [3.63, 3.8) is 0 Å². The number of nitrogens with one attached hydrogen (secondary N) is 2. The molecular formula is C14H17N3OS. The Balaban J connectivity index is 2.00. The van der Waals surface area contributed by atoms with Crippen LogP contribution < -0.4 is 10.6 Å². The molecule has 4 nitrogen and oxygen atoms in total. The number of amides is 1. The van der Waals surface area contributed by atoms with E-state index in [1.165, 1.54) is 0 Å². The van der Waals surface area contributed by atoms with Crippen LogP contribution in [-0.2, 0) is 6.54 Å². The standard InChI is InChI=1S/C14H17N3OS/c1-10(2)17-14(18)11-4-3-5-12(6-11)16-8-13-7-15-9-19-13/h3-7,9-10,16H,8H2,1-2H3,(H,17,18). The molecule has 0 spiro atoms. The fourth-order valence-corrected chi connectivity index (χ4v) is 2.17. The van der Waals surface area contributed by atoms with Crippen LogP contribution in [-0.4, -0.2) is 16.9 Å². The molecule has 0 saturated heterocycles. The summed E-state index contributed by atoms with van der Waals surface area (Å²) in [5.41, 5.74) is 3.41. The molecule has 0 atom stereocenters. The Morgan fingerprint density at radius 2 is 2.26 bits per heavy atom. The summed E-state index contributed by atoms with van der Waals surface area (Å²) in [6.45, 7) is 4.62. The van der Waals surface area contributed by atoms with Crippen molar-refractivity contribution in [2.75, 3.05) is 5.32 Å². The molecule has 1 aromatic heterocycles. The lowest BCUT2D eigenvalue weighted by Gasteiger charge is -2.10. The van der Waals surface area contributed by atoms with Gasteiger partial charge in [-0.2, -0.15) is 0 Å². The second-order valence-corrected chi connectivity index (χ2v) is 5.50. The highest BCUT2D eigenvalue weighted by Crippen LogP contribution is 2.13.